The Morgan fingerprint density at radius 2 is 1.67 bits per heavy atom. The van der Waals surface area contributed by atoms with E-state index < -0.39 is 24.1 Å². The highest BCUT2D eigenvalue weighted by atomic mass is 16.6. The fourth-order valence-corrected chi connectivity index (χ4v) is 1.89. The number of carbonyl (C=O) groups excluding carboxylic acids is 3. The molecule has 0 aromatic heterocycles. The van der Waals surface area contributed by atoms with E-state index in [4.69, 9.17) is 14.2 Å². The first-order valence-corrected chi connectivity index (χ1v) is 7.86. The topological polar surface area (TPSA) is 90.9 Å². The molecule has 1 aromatic carbocycles. The van der Waals surface area contributed by atoms with Crippen molar-refractivity contribution in [3.05, 3.63) is 35.9 Å². The normalized spacial score (nSPS) is 11.2. The van der Waals surface area contributed by atoms with Crippen molar-refractivity contribution in [3.63, 3.8) is 0 Å². The summed E-state index contributed by atoms with van der Waals surface area (Å²) in [5.74, 6) is -1.05. The van der Waals surface area contributed by atoms with Crippen LogP contribution in [0.3, 0.4) is 0 Å². The maximum Gasteiger partial charge on any atom is 0.408 e. The van der Waals surface area contributed by atoms with Gasteiger partial charge in [-0.1, -0.05) is 30.3 Å². The Morgan fingerprint density at radius 1 is 1.00 bits per heavy atom. The lowest BCUT2D eigenvalue weighted by Gasteiger charge is -2.16. The van der Waals surface area contributed by atoms with Crippen molar-refractivity contribution in [2.45, 2.75) is 39.3 Å². The highest BCUT2D eigenvalue weighted by molar-refractivity contribution is 5.82. The highest BCUT2D eigenvalue weighted by Crippen LogP contribution is 2.05. The van der Waals surface area contributed by atoms with E-state index in [1.54, 1.807) is 13.8 Å². The lowest BCUT2D eigenvalue weighted by atomic mass is 10.1. The van der Waals surface area contributed by atoms with Crippen LogP contribution in [-0.4, -0.2) is 37.3 Å². The fourth-order valence-electron chi connectivity index (χ4n) is 1.89. The van der Waals surface area contributed by atoms with Crippen LogP contribution < -0.4 is 5.32 Å². The minimum absolute atomic E-state index is 0.00368. The zero-order chi connectivity index (χ0) is 17.8. The van der Waals surface area contributed by atoms with Crippen molar-refractivity contribution < 1.29 is 28.6 Å². The molecule has 1 rings (SSSR count). The number of esters is 2. The van der Waals surface area contributed by atoms with Crippen molar-refractivity contribution in [2.75, 3.05) is 13.2 Å². The van der Waals surface area contributed by atoms with E-state index in [0.29, 0.717) is 0 Å². The van der Waals surface area contributed by atoms with Crippen LogP contribution in [0.2, 0.25) is 0 Å². The number of nitrogens with one attached hydrogen (secondary N) is 1. The van der Waals surface area contributed by atoms with E-state index in [0.717, 1.165) is 5.56 Å². The average molecular weight is 337 g/mol. The van der Waals surface area contributed by atoms with E-state index >= 15 is 0 Å². The molecule has 0 aliphatic heterocycles. The molecular weight excluding hydrogens is 314 g/mol. The minimum atomic E-state index is -0.961. The van der Waals surface area contributed by atoms with E-state index in [9.17, 15) is 14.4 Å². The smallest absolute Gasteiger partial charge is 0.408 e. The van der Waals surface area contributed by atoms with Crippen LogP contribution in [0.15, 0.2) is 30.3 Å². The summed E-state index contributed by atoms with van der Waals surface area (Å²) in [6.45, 7) is 3.87. The molecule has 0 aliphatic rings. The number of rotatable bonds is 9. The van der Waals surface area contributed by atoms with Gasteiger partial charge < -0.3 is 19.5 Å². The molecule has 0 saturated heterocycles. The Labute approximate surface area is 141 Å². The summed E-state index contributed by atoms with van der Waals surface area (Å²) in [5, 5.41) is 2.43. The maximum absolute atomic E-state index is 11.9. The van der Waals surface area contributed by atoms with Crippen molar-refractivity contribution in [3.8, 4) is 0 Å². The van der Waals surface area contributed by atoms with Crippen LogP contribution in [0, 0.1) is 0 Å². The average Bonchev–Trinajstić information content (AvgIpc) is 2.58. The summed E-state index contributed by atoms with van der Waals surface area (Å²) in [6, 6.07) is 8.19. The third-order valence-corrected chi connectivity index (χ3v) is 3.02. The number of amides is 1. The molecule has 0 spiro atoms. The number of carbonyl (C=O) groups is 3. The van der Waals surface area contributed by atoms with E-state index in [1.807, 2.05) is 30.3 Å². The molecule has 0 bridgehead atoms. The van der Waals surface area contributed by atoms with Gasteiger partial charge in [0.25, 0.3) is 0 Å². The molecule has 24 heavy (non-hydrogen) atoms. The van der Waals surface area contributed by atoms with Crippen LogP contribution in [0.1, 0.15) is 32.3 Å². The van der Waals surface area contributed by atoms with Crippen LogP contribution in [0.4, 0.5) is 4.79 Å². The third-order valence-electron chi connectivity index (χ3n) is 3.02. The van der Waals surface area contributed by atoms with E-state index in [-0.39, 0.29) is 32.7 Å². The van der Waals surface area contributed by atoms with Crippen LogP contribution >= 0.6 is 0 Å². The molecule has 1 aromatic rings. The zero-order valence-electron chi connectivity index (χ0n) is 13.9. The highest BCUT2D eigenvalue weighted by Gasteiger charge is 2.24. The van der Waals surface area contributed by atoms with Gasteiger partial charge in [0.1, 0.15) is 12.6 Å². The lowest BCUT2D eigenvalue weighted by molar-refractivity contribution is -0.147. The predicted octanol–water partition coefficient (Wildman–Crippen LogP) is 2.19. The standard InChI is InChI=1S/C17H23NO6/c1-3-22-15(19)11-10-14(16(20)23-4-2)18-17(21)24-12-13-8-6-5-7-9-13/h5-9,14H,3-4,10-12H2,1-2H3,(H,18,21)/t14-/m1/s1. The zero-order valence-corrected chi connectivity index (χ0v) is 13.9. The van der Waals surface area contributed by atoms with Gasteiger partial charge in [0.05, 0.1) is 13.2 Å². The van der Waals surface area contributed by atoms with Gasteiger partial charge in [-0.2, -0.15) is 0 Å². The fraction of sp³-hybridized carbons (Fsp3) is 0.471. The Kier molecular flexibility index (Phi) is 8.96. The summed E-state index contributed by atoms with van der Waals surface area (Å²) in [7, 11) is 0. The second kappa shape index (κ2) is 11.0. The SMILES string of the molecule is CCOC(=O)CC[C@@H](NC(=O)OCc1ccccc1)C(=O)OCC. The Morgan fingerprint density at radius 3 is 2.29 bits per heavy atom. The van der Waals surface area contributed by atoms with Crippen LogP contribution in [0.5, 0.6) is 0 Å². The number of ether oxygens (including phenoxy) is 3. The first-order chi connectivity index (χ1) is 11.6. The quantitative estimate of drug-likeness (QED) is 0.549. The summed E-state index contributed by atoms with van der Waals surface area (Å²) in [6.07, 6.45) is -0.672. The van der Waals surface area contributed by atoms with Crippen molar-refractivity contribution in [1.82, 2.24) is 5.32 Å². The molecule has 1 atom stereocenters. The molecule has 0 radical (unpaired) electrons. The molecule has 7 heteroatoms. The van der Waals surface area contributed by atoms with Crippen LogP contribution in [-0.2, 0) is 30.4 Å². The molecule has 132 valence electrons. The number of hydrogen-bond donors (Lipinski definition) is 1. The second-order valence-electron chi connectivity index (χ2n) is 4.85. The molecule has 1 N–H and O–H groups in total. The molecule has 1 amide bonds. The van der Waals surface area contributed by atoms with E-state index in [2.05, 4.69) is 5.32 Å². The van der Waals surface area contributed by atoms with Crippen LogP contribution in [0.25, 0.3) is 0 Å². The monoisotopic (exact) mass is 337 g/mol. The van der Waals surface area contributed by atoms with Gasteiger partial charge in [-0.15, -0.1) is 0 Å². The first kappa shape index (κ1) is 19.5. The molecule has 0 aliphatic carbocycles. The summed E-state index contributed by atoms with van der Waals surface area (Å²) >= 11 is 0. The minimum Gasteiger partial charge on any atom is -0.466 e. The first-order valence-electron chi connectivity index (χ1n) is 7.86. The van der Waals surface area contributed by atoms with Gasteiger partial charge in [0.2, 0.25) is 0 Å². The molecular formula is C17H23NO6. The van der Waals surface area contributed by atoms with Gasteiger partial charge >= 0.3 is 18.0 Å². The van der Waals surface area contributed by atoms with Gasteiger partial charge in [0.15, 0.2) is 0 Å². The summed E-state index contributed by atoms with van der Waals surface area (Å²) in [5.41, 5.74) is 0.826. The molecule has 0 saturated carbocycles. The summed E-state index contributed by atoms with van der Waals surface area (Å²) < 4.78 is 14.8. The molecule has 7 nitrogen and oxygen atoms in total. The van der Waals surface area contributed by atoms with E-state index in [1.165, 1.54) is 0 Å². The van der Waals surface area contributed by atoms with Gasteiger partial charge in [-0.05, 0) is 25.8 Å². The molecule has 0 fully saturated rings. The van der Waals surface area contributed by atoms with Gasteiger partial charge in [-0.3, -0.25) is 4.79 Å². The molecule has 0 heterocycles. The number of hydrogen-bond acceptors (Lipinski definition) is 6. The third kappa shape index (κ3) is 7.62. The Bertz CT molecular complexity index is 531. The van der Waals surface area contributed by atoms with Gasteiger partial charge in [-0.25, -0.2) is 9.59 Å². The molecule has 0 unspecified atom stereocenters. The lowest BCUT2D eigenvalue weighted by Crippen LogP contribution is -2.42. The number of alkyl carbamates (subject to hydrolysis) is 1. The maximum atomic E-state index is 11.9. The predicted molar refractivity (Wildman–Crippen MR) is 86.1 cm³/mol. The largest absolute Gasteiger partial charge is 0.466 e. The van der Waals surface area contributed by atoms with Crippen molar-refractivity contribution in [1.29, 1.82) is 0 Å². The Hall–Kier alpha value is -2.57. The van der Waals surface area contributed by atoms with Crippen molar-refractivity contribution in [2.24, 2.45) is 0 Å². The van der Waals surface area contributed by atoms with Crippen molar-refractivity contribution >= 4 is 18.0 Å². The summed E-state index contributed by atoms with van der Waals surface area (Å²) in [4.78, 5) is 35.1. The van der Waals surface area contributed by atoms with Gasteiger partial charge in [0, 0.05) is 6.42 Å². The second-order valence-corrected chi connectivity index (χ2v) is 4.85. The number of benzene rings is 1. The Balaban J connectivity index is 2.51.